The van der Waals surface area contributed by atoms with E-state index in [2.05, 4.69) is 5.32 Å². The van der Waals surface area contributed by atoms with Gasteiger partial charge in [-0.1, -0.05) is 6.42 Å². The number of carboxylic acid groups (broad SMARTS) is 1. The molecule has 1 aliphatic carbocycles. The summed E-state index contributed by atoms with van der Waals surface area (Å²) < 4.78 is 0. The summed E-state index contributed by atoms with van der Waals surface area (Å²) >= 11 is 1.19. The van der Waals surface area contributed by atoms with Crippen LogP contribution in [-0.2, 0) is 9.59 Å². The summed E-state index contributed by atoms with van der Waals surface area (Å²) in [7, 11) is 0. The van der Waals surface area contributed by atoms with Crippen LogP contribution < -0.4 is 11.1 Å². The number of amides is 2. The lowest BCUT2D eigenvalue weighted by Gasteiger charge is -2.15. The van der Waals surface area contributed by atoms with Crippen LogP contribution in [0.1, 0.15) is 29.6 Å². The van der Waals surface area contributed by atoms with Crippen LogP contribution >= 0.6 is 11.3 Å². The van der Waals surface area contributed by atoms with E-state index in [-0.39, 0.29) is 11.5 Å². The Bertz CT molecular complexity index is 526. The average Bonchev–Trinajstić information content (AvgIpc) is 2.96. The third-order valence-electron chi connectivity index (χ3n) is 3.34. The molecule has 0 radical (unpaired) electrons. The van der Waals surface area contributed by atoms with Gasteiger partial charge >= 0.3 is 5.97 Å². The fourth-order valence-electron chi connectivity index (χ4n) is 2.37. The van der Waals surface area contributed by atoms with Gasteiger partial charge in [0.15, 0.2) is 0 Å². The third-order valence-corrected chi connectivity index (χ3v) is 4.17. The van der Waals surface area contributed by atoms with Crippen molar-refractivity contribution in [2.75, 3.05) is 5.32 Å². The van der Waals surface area contributed by atoms with Gasteiger partial charge in [-0.15, -0.1) is 11.3 Å². The molecule has 1 aromatic rings. The number of nitrogens with one attached hydrogen (secondary N) is 1. The van der Waals surface area contributed by atoms with E-state index in [1.54, 1.807) is 5.38 Å². The molecule has 2 atom stereocenters. The lowest BCUT2D eigenvalue weighted by Crippen LogP contribution is -2.30. The van der Waals surface area contributed by atoms with Crippen LogP contribution in [0.25, 0.3) is 0 Å². The minimum absolute atomic E-state index is 0.253. The van der Waals surface area contributed by atoms with E-state index in [0.717, 1.165) is 6.42 Å². The zero-order chi connectivity index (χ0) is 14.0. The van der Waals surface area contributed by atoms with Gasteiger partial charge in [0.05, 0.1) is 17.4 Å². The van der Waals surface area contributed by atoms with Crippen molar-refractivity contribution in [2.45, 2.75) is 19.3 Å². The van der Waals surface area contributed by atoms with Gasteiger partial charge in [-0.3, -0.25) is 14.4 Å². The summed E-state index contributed by atoms with van der Waals surface area (Å²) in [5.74, 6) is -3.09. The summed E-state index contributed by atoms with van der Waals surface area (Å²) in [4.78, 5) is 34.3. The summed E-state index contributed by atoms with van der Waals surface area (Å²) in [6.45, 7) is 0. The minimum Gasteiger partial charge on any atom is -0.481 e. The van der Waals surface area contributed by atoms with E-state index < -0.39 is 23.7 Å². The maximum absolute atomic E-state index is 12.1. The van der Waals surface area contributed by atoms with Crippen molar-refractivity contribution >= 4 is 34.1 Å². The molecule has 0 aromatic carbocycles. The Balaban J connectivity index is 2.11. The summed E-state index contributed by atoms with van der Waals surface area (Å²) in [6.07, 6.45) is 1.79. The van der Waals surface area contributed by atoms with Crippen LogP contribution in [0.3, 0.4) is 0 Å². The van der Waals surface area contributed by atoms with E-state index >= 15 is 0 Å². The SMILES string of the molecule is NC(=O)c1ccsc1NC(=O)C1CCCC1C(=O)O. The summed E-state index contributed by atoms with van der Waals surface area (Å²) in [6, 6.07) is 1.53. The van der Waals surface area contributed by atoms with E-state index in [4.69, 9.17) is 10.8 Å². The highest BCUT2D eigenvalue weighted by Gasteiger charge is 2.38. The molecule has 1 aliphatic rings. The van der Waals surface area contributed by atoms with Crippen molar-refractivity contribution in [1.82, 2.24) is 0 Å². The molecule has 2 amide bonds. The first-order chi connectivity index (χ1) is 9.00. The van der Waals surface area contributed by atoms with Crippen molar-refractivity contribution < 1.29 is 19.5 Å². The molecule has 1 heterocycles. The van der Waals surface area contributed by atoms with Crippen molar-refractivity contribution in [3.05, 3.63) is 17.0 Å². The number of hydrogen-bond donors (Lipinski definition) is 3. The standard InChI is InChI=1S/C12H14N2O4S/c13-9(15)8-4-5-19-11(8)14-10(16)6-2-1-3-7(6)12(17)18/h4-7H,1-3H2,(H2,13,15)(H,14,16)(H,17,18). The first-order valence-electron chi connectivity index (χ1n) is 5.91. The molecule has 1 fully saturated rings. The molecule has 1 aromatic heterocycles. The molecule has 0 spiro atoms. The maximum Gasteiger partial charge on any atom is 0.307 e. The molecule has 19 heavy (non-hydrogen) atoms. The molecule has 0 aliphatic heterocycles. The molecular formula is C12H14N2O4S. The Hall–Kier alpha value is -1.89. The molecule has 1 saturated carbocycles. The number of carbonyl (C=O) groups excluding carboxylic acids is 2. The maximum atomic E-state index is 12.1. The molecule has 2 unspecified atom stereocenters. The quantitative estimate of drug-likeness (QED) is 0.772. The lowest BCUT2D eigenvalue weighted by molar-refractivity contribution is -0.145. The number of carboxylic acids is 1. The summed E-state index contributed by atoms with van der Waals surface area (Å²) in [5, 5.41) is 13.7. The Morgan fingerprint density at radius 2 is 2.00 bits per heavy atom. The first-order valence-corrected chi connectivity index (χ1v) is 6.79. The van der Waals surface area contributed by atoms with Gasteiger partial charge in [-0.2, -0.15) is 0 Å². The number of anilines is 1. The van der Waals surface area contributed by atoms with Gasteiger partial charge in [0, 0.05) is 0 Å². The van der Waals surface area contributed by atoms with Gasteiger partial charge in [0.1, 0.15) is 5.00 Å². The number of carbonyl (C=O) groups is 3. The minimum atomic E-state index is -0.945. The molecule has 4 N–H and O–H groups in total. The Kier molecular flexibility index (Phi) is 3.84. The fraction of sp³-hybridized carbons (Fsp3) is 0.417. The number of aliphatic carboxylic acids is 1. The van der Waals surface area contributed by atoms with E-state index in [9.17, 15) is 14.4 Å². The van der Waals surface area contributed by atoms with Crippen LogP contribution in [0.2, 0.25) is 0 Å². The largest absolute Gasteiger partial charge is 0.481 e. The van der Waals surface area contributed by atoms with E-state index in [1.165, 1.54) is 17.4 Å². The first kappa shape index (κ1) is 13.5. The second-order valence-corrected chi connectivity index (χ2v) is 5.42. The summed E-state index contributed by atoms with van der Waals surface area (Å²) in [5.41, 5.74) is 5.44. The third kappa shape index (κ3) is 2.76. The zero-order valence-electron chi connectivity index (χ0n) is 10.1. The van der Waals surface area contributed by atoms with Crippen molar-refractivity contribution in [3.63, 3.8) is 0 Å². The number of primary amides is 1. The number of rotatable bonds is 4. The highest BCUT2D eigenvalue weighted by molar-refractivity contribution is 7.14. The Labute approximate surface area is 113 Å². The van der Waals surface area contributed by atoms with Crippen molar-refractivity contribution in [2.24, 2.45) is 17.6 Å². The predicted octanol–water partition coefficient (Wildman–Crippen LogP) is 1.29. The highest BCUT2D eigenvalue weighted by Crippen LogP contribution is 2.33. The molecule has 0 saturated heterocycles. The van der Waals surface area contributed by atoms with Crippen LogP contribution in [0.15, 0.2) is 11.4 Å². The topological polar surface area (TPSA) is 109 Å². The molecule has 102 valence electrons. The van der Waals surface area contributed by atoms with Gasteiger partial charge in [0.2, 0.25) is 5.91 Å². The normalized spacial score (nSPS) is 22.1. The smallest absolute Gasteiger partial charge is 0.307 e. The monoisotopic (exact) mass is 282 g/mol. The Morgan fingerprint density at radius 3 is 2.63 bits per heavy atom. The zero-order valence-corrected chi connectivity index (χ0v) is 10.9. The van der Waals surface area contributed by atoms with Crippen molar-refractivity contribution in [1.29, 1.82) is 0 Å². The van der Waals surface area contributed by atoms with Gasteiger partial charge in [-0.25, -0.2) is 0 Å². The number of thiophene rings is 1. The molecule has 6 nitrogen and oxygen atoms in total. The van der Waals surface area contributed by atoms with E-state index in [1.807, 2.05) is 0 Å². The van der Waals surface area contributed by atoms with Crippen LogP contribution in [0, 0.1) is 11.8 Å². The van der Waals surface area contributed by atoms with Crippen LogP contribution in [0.5, 0.6) is 0 Å². The average molecular weight is 282 g/mol. The van der Waals surface area contributed by atoms with Gasteiger partial charge in [-0.05, 0) is 24.3 Å². The second kappa shape index (κ2) is 5.40. The highest BCUT2D eigenvalue weighted by atomic mass is 32.1. The predicted molar refractivity (Wildman–Crippen MR) is 69.9 cm³/mol. The number of nitrogens with two attached hydrogens (primary N) is 1. The van der Waals surface area contributed by atoms with E-state index in [0.29, 0.717) is 17.8 Å². The Morgan fingerprint density at radius 1 is 1.32 bits per heavy atom. The molecule has 2 rings (SSSR count). The molecular weight excluding hydrogens is 268 g/mol. The van der Waals surface area contributed by atoms with Gasteiger partial charge in [0.25, 0.3) is 5.91 Å². The van der Waals surface area contributed by atoms with Crippen LogP contribution in [0.4, 0.5) is 5.00 Å². The van der Waals surface area contributed by atoms with Crippen LogP contribution in [-0.4, -0.2) is 22.9 Å². The second-order valence-electron chi connectivity index (χ2n) is 4.50. The molecule has 0 bridgehead atoms. The van der Waals surface area contributed by atoms with Crippen molar-refractivity contribution in [3.8, 4) is 0 Å². The lowest BCUT2D eigenvalue weighted by atomic mass is 9.95. The molecule has 7 heteroatoms. The number of hydrogen-bond acceptors (Lipinski definition) is 4. The fourth-order valence-corrected chi connectivity index (χ4v) is 3.17. The van der Waals surface area contributed by atoms with Gasteiger partial charge < -0.3 is 16.2 Å².